The van der Waals surface area contributed by atoms with E-state index in [9.17, 15) is 0 Å². The highest BCUT2D eigenvalue weighted by molar-refractivity contribution is 6.26. The molecular weight excluding hydrogens is 392 g/mol. The van der Waals surface area contributed by atoms with Gasteiger partial charge in [-0.25, -0.2) is 15.0 Å². The number of benzene rings is 4. The summed E-state index contributed by atoms with van der Waals surface area (Å²) in [7, 11) is 0. The van der Waals surface area contributed by atoms with Crippen molar-refractivity contribution in [2.24, 2.45) is 0 Å². The molecule has 0 aliphatic heterocycles. The van der Waals surface area contributed by atoms with Gasteiger partial charge in [-0.2, -0.15) is 0 Å². The van der Waals surface area contributed by atoms with Crippen molar-refractivity contribution in [2.75, 3.05) is 0 Å². The Hall–Kier alpha value is -4.05. The molecule has 1 aliphatic rings. The highest BCUT2D eigenvalue weighted by Gasteiger charge is 2.39. The van der Waals surface area contributed by atoms with Crippen LogP contribution in [0.25, 0.3) is 49.7 Å². The molecule has 0 bridgehead atoms. The van der Waals surface area contributed by atoms with Gasteiger partial charge in [0.2, 0.25) is 5.95 Å². The molecule has 32 heavy (non-hydrogen) atoms. The topological polar surface area (TPSA) is 43.6 Å². The fourth-order valence-electron chi connectivity index (χ4n) is 5.77. The first kappa shape index (κ1) is 17.6. The standard InChI is InChI=1S/C28H20N4/c1-28(2)21-13-7-5-11-19(21)23-24-20-12-6-8-14-22(20)32(27-30-15-29-16-31-27)26(24)18-10-4-3-9-17(18)25(23)28/h3-16H,1-2H3. The maximum Gasteiger partial charge on any atom is 0.237 e. The summed E-state index contributed by atoms with van der Waals surface area (Å²) in [5, 5.41) is 5.00. The van der Waals surface area contributed by atoms with Crippen LogP contribution in [0.5, 0.6) is 0 Å². The molecule has 0 radical (unpaired) electrons. The van der Waals surface area contributed by atoms with Crippen molar-refractivity contribution in [3.63, 3.8) is 0 Å². The molecule has 4 aromatic carbocycles. The number of hydrogen-bond donors (Lipinski definition) is 0. The normalized spacial score (nSPS) is 14.2. The van der Waals surface area contributed by atoms with Crippen LogP contribution in [-0.4, -0.2) is 19.5 Å². The summed E-state index contributed by atoms with van der Waals surface area (Å²) in [5.41, 5.74) is 7.61. The largest absolute Gasteiger partial charge is 0.277 e. The lowest BCUT2D eigenvalue weighted by Gasteiger charge is -2.23. The first-order valence-corrected chi connectivity index (χ1v) is 10.9. The highest BCUT2D eigenvalue weighted by atomic mass is 15.2. The van der Waals surface area contributed by atoms with Crippen LogP contribution in [0.2, 0.25) is 0 Å². The van der Waals surface area contributed by atoms with Crippen LogP contribution >= 0.6 is 0 Å². The van der Waals surface area contributed by atoms with Gasteiger partial charge >= 0.3 is 0 Å². The van der Waals surface area contributed by atoms with Crippen molar-refractivity contribution in [1.29, 1.82) is 0 Å². The summed E-state index contributed by atoms with van der Waals surface area (Å²) < 4.78 is 2.20. The van der Waals surface area contributed by atoms with Crippen LogP contribution in [0.1, 0.15) is 25.0 Å². The average Bonchev–Trinajstić information content (AvgIpc) is 3.30. The lowest BCUT2D eigenvalue weighted by atomic mass is 9.79. The van der Waals surface area contributed by atoms with Crippen molar-refractivity contribution in [1.82, 2.24) is 19.5 Å². The summed E-state index contributed by atoms with van der Waals surface area (Å²) >= 11 is 0. The van der Waals surface area contributed by atoms with E-state index in [1.807, 2.05) is 0 Å². The monoisotopic (exact) mass is 412 g/mol. The number of hydrogen-bond acceptors (Lipinski definition) is 3. The van der Waals surface area contributed by atoms with Crippen LogP contribution in [0.4, 0.5) is 0 Å². The fourth-order valence-corrected chi connectivity index (χ4v) is 5.77. The van der Waals surface area contributed by atoms with E-state index in [4.69, 9.17) is 0 Å². The van der Waals surface area contributed by atoms with E-state index in [0.717, 1.165) is 11.0 Å². The second-order valence-electron chi connectivity index (χ2n) is 8.98. The first-order chi connectivity index (χ1) is 15.7. The molecule has 0 spiro atoms. The van der Waals surface area contributed by atoms with E-state index in [2.05, 4.69) is 106 Å². The third-order valence-electron chi connectivity index (χ3n) is 7.00. The number of rotatable bonds is 1. The summed E-state index contributed by atoms with van der Waals surface area (Å²) in [5.74, 6) is 0.641. The van der Waals surface area contributed by atoms with Gasteiger partial charge in [-0.05, 0) is 33.7 Å². The number of aromatic nitrogens is 4. The lowest BCUT2D eigenvalue weighted by Crippen LogP contribution is -2.15. The van der Waals surface area contributed by atoms with Crippen molar-refractivity contribution < 1.29 is 0 Å². The van der Waals surface area contributed by atoms with Gasteiger partial charge in [0.1, 0.15) is 12.7 Å². The molecule has 0 saturated heterocycles. The van der Waals surface area contributed by atoms with Crippen molar-refractivity contribution in [3.05, 3.63) is 96.6 Å². The third kappa shape index (κ3) is 2.04. The van der Waals surface area contributed by atoms with Crippen LogP contribution in [0, 0.1) is 0 Å². The van der Waals surface area contributed by atoms with E-state index < -0.39 is 0 Å². The maximum absolute atomic E-state index is 4.54. The second-order valence-corrected chi connectivity index (χ2v) is 8.98. The molecule has 6 aromatic rings. The Morgan fingerprint density at radius 1 is 0.719 bits per heavy atom. The molecule has 152 valence electrons. The number of fused-ring (bicyclic) bond motifs is 10. The molecule has 1 aliphatic carbocycles. The Morgan fingerprint density at radius 3 is 2.19 bits per heavy atom. The number of nitrogens with zero attached hydrogens (tertiary/aromatic N) is 4. The molecule has 0 unspecified atom stereocenters. The van der Waals surface area contributed by atoms with E-state index in [-0.39, 0.29) is 5.41 Å². The van der Waals surface area contributed by atoms with Gasteiger partial charge in [0.05, 0.1) is 11.0 Å². The zero-order chi connectivity index (χ0) is 21.4. The Kier molecular flexibility index (Phi) is 3.31. The molecule has 0 saturated carbocycles. The quantitative estimate of drug-likeness (QED) is 0.313. The minimum atomic E-state index is -0.0872. The van der Waals surface area contributed by atoms with Gasteiger partial charge in [0.15, 0.2) is 0 Å². The van der Waals surface area contributed by atoms with Gasteiger partial charge in [-0.15, -0.1) is 0 Å². The fraction of sp³-hybridized carbons (Fsp3) is 0.107. The number of para-hydroxylation sites is 1. The molecule has 0 N–H and O–H groups in total. The van der Waals surface area contributed by atoms with Crippen LogP contribution in [0.15, 0.2) is 85.5 Å². The lowest BCUT2D eigenvalue weighted by molar-refractivity contribution is 0.666. The minimum Gasteiger partial charge on any atom is -0.277 e. The van der Waals surface area contributed by atoms with Crippen molar-refractivity contribution in [3.8, 4) is 17.1 Å². The molecule has 2 heterocycles. The Bertz CT molecular complexity index is 1690. The van der Waals surface area contributed by atoms with Crippen LogP contribution in [0.3, 0.4) is 0 Å². The van der Waals surface area contributed by atoms with E-state index >= 15 is 0 Å². The maximum atomic E-state index is 4.54. The van der Waals surface area contributed by atoms with E-state index in [1.54, 1.807) is 12.7 Å². The molecule has 4 heteroatoms. The first-order valence-electron chi connectivity index (χ1n) is 10.9. The predicted octanol–water partition coefficient (Wildman–Crippen LogP) is 6.43. The third-order valence-corrected chi connectivity index (χ3v) is 7.00. The van der Waals surface area contributed by atoms with Gasteiger partial charge < -0.3 is 0 Å². The Morgan fingerprint density at radius 2 is 1.38 bits per heavy atom. The summed E-state index contributed by atoms with van der Waals surface area (Å²) in [6, 6.07) is 26.2. The van der Waals surface area contributed by atoms with E-state index in [1.165, 1.54) is 43.8 Å². The molecular formula is C28H20N4. The summed E-state index contributed by atoms with van der Waals surface area (Å²) in [6.07, 6.45) is 3.13. The Labute approximate surface area is 185 Å². The van der Waals surface area contributed by atoms with Gasteiger partial charge in [0, 0.05) is 21.6 Å². The van der Waals surface area contributed by atoms with Gasteiger partial charge in [-0.3, -0.25) is 4.57 Å². The predicted molar refractivity (Wildman–Crippen MR) is 129 cm³/mol. The van der Waals surface area contributed by atoms with Crippen LogP contribution in [-0.2, 0) is 5.41 Å². The summed E-state index contributed by atoms with van der Waals surface area (Å²) in [4.78, 5) is 13.1. The highest BCUT2D eigenvalue weighted by Crippen LogP contribution is 2.56. The van der Waals surface area contributed by atoms with Crippen LogP contribution < -0.4 is 0 Å². The zero-order valence-corrected chi connectivity index (χ0v) is 17.9. The van der Waals surface area contributed by atoms with Gasteiger partial charge in [-0.1, -0.05) is 80.6 Å². The SMILES string of the molecule is CC1(C)c2ccccc2-c2c1c1ccccc1c1c2c2ccccc2n1-c1ncncn1. The summed E-state index contributed by atoms with van der Waals surface area (Å²) in [6.45, 7) is 4.70. The smallest absolute Gasteiger partial charge is 0.237 e. The Balaban J connectivity index is 1.84. The molecule has 4 nitrogen and oxygen atoms in total. The molecule has 0 fully saturated rings. The van der Waals surface area contributed by atoms with Crippen molar-refractivity contribution in [2.45, 2.75) is 19.3 Å². The average molecular weight is 412 g/mol. The van der Waals surface area contributed by atoms with Gasteiger partial charge in [0.25, 0.3) is 0 Å². The molecule has 0 amide bonds. The van der Waals surface area contributed by atoms with E-state index in [0.29, 0.717) is 5.95 Å². The molecule has 0 atom stereocenters. The second kappa shape index (κ2) is 6.01. The molecule has 2 aromatic heterocycles. The minimum absolute atomic E-state index is 0.0872. The zero-order valence-electron chi connectivity index (χ0n) is 17.9. The molecule has 7 rings (SSSR count). The van der Waals surface area contributed by atoms with Crippen molar-refractivity contribution >= 4 is 32.6 Å².